The normalized spacial score (nSPS) is 28.1. The number of ether oxygens (including phenoxy) is 1. The molecule has 0 N–H and O–H groups in total. The van der Waals surface area contributed by atoms with Gasteiger partial charge in [-0.25, -0.2) is 0 Å². The molecule has 0 atom stereocenters. The van der Waals surface area contributed by atoms with E-state index in [9.17, 15) is 0 Å². The fraction of sp³-hybridized carbons (Fsp3) is 1.00. The van der Waals surface area contributed by atoms with Crippen LogP contribution in [0.1, 0.15) is 26.2 Å². The minimum absolute atomic E-state index is 0.620. The first kappa shape index (κ1) is 12.3. The third-order valence-corrected chi connectivity index (χ3v) is 3.77. The van der Waals surface area contributed by atoms with Gasteiger partial charge in [-0.3, -0.25) is 0 Å². The maximum Gasteiger partial charge on any atom is 0.0569 e. The molecule has 3 nitrogen and oxygen atoms in total. The van der Waals surface area contributed by atoms with Gasteiger partial charge in [-0.15, -0.1) is 0 Å². The van der Waals surface area contributed by atoms with Crippen molar-refractivity contribution in [1.29, 1.82) is 0 Å². The molecular formula is C13H26N2O. The van der Waals surface area contributed by atoms with Crippen LogP contribution in [0, 0.1) is 5.41 Å². The monoisotopic (exact) mass is 226 g/mol. The highest BCUT2D eigenvalue weighted by atomic mass is 16.5. The van der Waals surface area contributed by atoms with E-state index >= 15 is 0 Å². The lowest BCUT2D eigenvalue weighted by Crippen LogP contribution is -2.64. The van der Waals surface area contributed by atoms with E-state index in [0.29, 0.717) is 5.41 Å². The molecule has 0 aromatic rings. The number of likely N-dealkylation sites (tertiary alicyclic amines) is 2. The standard InChI is InChI=1S/C7H15N.C6H11NO/c1-2-5-8-6-3-4-7-8;1-7-2-6(3-7)4-8-5-6/h2-7H2,1H3;2-5H2,1H3. The van der Waals surface area contributed by atoms with E-state index in [-0.39, 0.29) is 0 Å². The van der Waals surface area contributed by atoms with Gasteiger partial charge in [0.25, 0.3) is 0 Å². The van der Waals surface area contributed by atoms with Crippen molar-refractivity contribution in [3.05, 3.63) is 0 Å². The number of nitrogens with zero attached hydrogens (tertiary/aromatic N) is 2. The molecule has 0 radical (unpaired) electrons. The Labute approximate surface area is 99.7 Å². The molecule has 1 spiro atoms. The number of rotatable bonds is 2. The lowest BCUT2D eigenvalue weighted by Gasteiger charge is -2.53. The molecule has 0 amide bonds. The van der Waals surface area contributed by atoms with Crippen LogP contribution >= 0.6 is 0 Å². The van der Waals surface area contributed by atoms with Crippen molar-refractivity contribution < 1.29 is 4.74 Å². The summed E-state index contributed by atoms with van der Waals surface area (Å²) in [5, 5.41) is 0. The Kier molecular flexibility index (Phi) is 4.22. The van der Waals surface area contributed by atoms with Crippen molar-refractivity contribution in [1.82, 2.24) is 9.80 Å². The Bertz CT molecular complexity index is 202. The summed E-state index contributed by atoms with van der Waals surface area (Å²) in [7, 11) is 2.16. The van der Waals surface area contributed by atoms with E-state index < -0.39 is 0 Å². The zero-order valence-corrected chi connectivity index (χ0v) is 10.9. The lowest BCUT2D eigenvalue weighted by atomic mass is 9.79. The molecule has 16 heavy (non-hydrogen) atoms. The van der Waals surface area contributed by atoms with Crippen molar-refractivity contribution in [2.24, 2.45) is 5.41 Å². The average Bonchev–Trinajstić information content (AvgIpc) is 2.64. The van der Waals surface area contributed by atoms with Gasteiger partial charge in [-0.2, -0.15) is 0 Å². The van der Waals surface area contributed by atoms with E-state index in [1.165, 1.54) is 52.0 Å². The molecule has 3 fully saturated rings. The van der Waals surface area contributed by atoms with Gasteiger partial charge in [0.05, 0.1) is 13.2 Å². The van der Waals surface area contributed by atoms with Crippen LogP contribution in [0.25, 0.3) is 0 Å². The molecule has 3 aliphatic heterocycles. The van der Waals surface area contributed by atoms with E-state index in [1.807, 2.05) is 0 Å². The Morgan fingerprint density at radius 3 is 2.06 bits per heavy atom. The van der Waals surface area contributed by atoms with Crippen LogP contribution in [-0.2, 0) is 4.74 Å². The van der Waals surface area contributed by atoms with Crippen LogP contribution in [0.2, 0.25) is 0 Å². The molecule has 3 aliphatic rings. The van der Waals surface area contributed by atoms with Crippen LogP contribution in [-0.4, -0.2) is 62.8 Å². The van der Waals surface area contributed by atoms with Crippen molar-refractivity contribution in [3.8, 4) is 0 Å². The predicted molar refractivity (Wildman–Crippen MR) is 66.7 cm³/mol. The van der Waals surface area contributed by atoms with Gasteiger partial charge in [0.2, 0.25) is 0 Å². The van der Waals surface area contributed by atoms with Crippen LogP contribution in [0.15, 0.2) is 0 Å². The second-order valence-corrected chi connectivity index (χ2v) is 5.71. The predicted octanol–water partition coefficient (Wildman–Crippen LogP) is 1.44. The summed E-state index contributed by atoms with van der Waals surface area (Å²) in [6, 6.07) is 0. The minimum Gasteiger partial charge on any atom is -0.380 e. The summed E-state index contributed by atoms with van der Waals surface area (Å²) in [6.45, 7) is 10.8. The summed E-state index contributed by atoms with van der Waals surface area (Å²) >= 11 is 0. The van der Waals surface area contributed by atoms with Crippen molar-refractivity contribution in [2.75, 3.05) is 53.0 Å². The van der Waals surface area contributed by atoms with Crippen molar-refractivity contribution in [2.45, 2.75) is 26.2 Å². The van der Waals surface area contributed by atoms with Crippen molar-refractivity contribution >= 4 is 0 Å². The smallest absolute Gasteiger partial charge is 0.0569 e. The van der Waals surface area contributed by atoms with Gasteiger partial charge in [-0.1, -0.05) is 6.92 Å². The van der Waals surface area contributed by atoms with Crippen LogP contribution in [0.3, 0.4) is 0 Å². The lowest BCUT2D eigenvalue weighted by molar-refractivity contribution is -0.182. The molecule has 0 aromatic carbocycles. The maximum atomic E-state index is 5.10. The molecule has 3 saturated heterocycles. The third kappa shape index (κ3) is 2.96. The third-order valence-electron chi connectivity index (χ3n) is 3.77. The first-order chi connectivity index (χ1) is 7.74. The molecule has 0 unspecified atom stereocenters. The largest absolute Gasteiger partial charge is 0.380 e. The number of hydrogen-bond acceptors (Lipinski definition) is 3. The second kappa shape index (κ2) is 5.48. The summed E-state index contributed by atoms with van der Waals surface area (Å²) < 4.78 is 5.10. The van der Waals surface area contributed by atoms with Gasteiger partial charge >= 0.3 is 0 Å². The molecule has 0 aromatic heterocycles. The highest BCUT2D eigenvalue weighted by molar-refractivity contribution is 4.97. The Morgan fingerprint density at radius 2 is 1.75 bits per heavy atom. The first-order valence-corrected chi connectivity index (χ1v) is 6.73. The fourth-order valence-corrected chi connectivity index (χ4v) is 2.99. The van der Waals surface area contributed by atoms with E-state index in [4.69, 9.17) is 4.74 Å². The quantitative estimate of drug-likeness (QED) is 0.708. The Balaban J connectivity index is 0.000000120. The van der Waals surface area contributed by atoms with Gasteiger partial charge in [-0.05, 0) is 45.9 Å². The second-order valence-electron chi connectivity index (χ2n) is 5.71. The molecule has 0 bridgehead atoms. The maximum absolute atomic E-state index is 5.10. The van der Waals surface area contributed by atoms with Crippen molar-refractivity contribution in [3.63, 3.8) is 0 Å². The zero-order chi connectivity index (χ0) is 11.4. The topological polar surface area (TPSA) is 15.7 Å². The molecule has 0 aliphatic carbocycles. The van der Waals surface area contributed by atoms with E-state index in [1.54, 1.807) is 0 Å². The molecule has 3 rings (SSSR count). The SMILES string of the molecule is CCCN1CCCC1.CN1CC2(COC2)C1. The fourth-order valence-electron chi connectivity index (χ4n) is 2.99. The molecule has 0 saturated carbocycles. The highest BCUT2D eigenvalue weighted by Crippen LogP contribution is 2.35. The first-order valence-electron chi connectivity index (χ1n) is 6.73. The molecule has 3 heterocycles. The van der Waals surface area contributed by atoms with Gasteiger partial charge < -0.3 is 14.5 Å². The summed E-state index contributed by atoms with van der Waals surface area (Å²) in [5.41, 5.74) is 0.620. The summed E-state index contributed by atoms with van der Waals surface area (Å²) in [6.07, 6.45) is 4.18. The van der Waals surface area contributed by atoms with Gasteiger partial charge in [0, 0.05) is 18.5 Å². The summed E-state index contributed by atoms with van der Waals surface area (Å²) in [4.78, 5) is 4.88. The summed E-state index contributed by atoms with van der Waals surface area (Å²) in [5.74, 6) is 0. The van der Waals surface area contributed by atoms with Crippen LogP contribution in [0.5, 0.6) is 0 Å². The van der Waals surface area contributed by atoms with E-state index in [0.717, 1.165) is 13.2 Å². The van der Waals surface area contributed by atoms with Gasteiger partial charge in [0.15, 0.2) is 0 Å². The van der Waals surface area contributed by atoms with E-state index in [2.05, 4.69) is 23.8 Å². The minimum atomic E-state index is 0.620. The highest BCUT2D eigenvalue weighted by Gasteiger charge is 2.47. The Morgan fingerprint density at radius 1 is 1.12 bits per heavy atom. The molecule has 94 valence electrons. The van der Waals surface area contributed by atoms with Gasteiger partial charge in [0.1, 0.15) is 0 Å². The zero-order valence-electron chi connectivity index (χ0n) is 10.9. The molecular weight excluding hydrogens is 200 g/mol. The Hall–Kier alpha value is -0.120. The number of hydrogen-bond donors (Lipinski definition) is 0. The van der Waals surface area contributed by atoms with Crippen LogP contribution in [0.4, 0.5) is 0 Å². The molecule has 3 heteroatoms. The van der Waals surface area contributed by atoms with Crippen LogP contribution < -0.4 is 0 Å². The average molecular weight is 226 g/mol.